The van der Waals surface area contributed by atoms with Gasteiger partial charge in [-0.3, -0.25) is 9.59 Å². The molecule has 0 aliphatic carbocycles. The fourth-order valence-electron chi connectivity index (χ4n) is 2.00. The second-order valence-corrected chi connectivity index (χ2v) is 5.40. The highest BCUT2D eigenvalue weighted by Crippen LogP contribution is 2.27. The number of rotatable bonds is 11. The minimum atomic E-state index is -0.635. The molecule has 0 aliphatic rings. The zero-order chi connectivity index (χ0) is 17.9. The third-order valence-electron chi connectivity index (χ3n) is 3.45. The van der Waals surface area contributed by atoms with Crippen molar-refractivity contribution in [1.29, 1.82) is 0 Å². The first-order valence-corrected chi connectivity index (χ1v) is 7.90. The van der Waals surface area contributed by atoms with Crippen LogP contribution < -0.4 is 25.3 Å². The van der Waals surface area contributed by atoms with Gasteiger partial charge < -0.3 is 25.3 Å². The van der Waals surface area contributed by atoms with Crippen molar-refractivity contribution in [3.05, 3.63) is 18.2 Å². The fourth-order valence-corrected chi connectivity index (χ4v) is 2.00. The van der Waals surface area contributed by atoms with Crippen LogP contribution in [0.3, 0.4) is 0 Å². The van der Waals surface area contributed by atoms with Crippen LogP contribution in [-0.2, 0) is 9.59 Å². The van der Waals surface area contributed by atoms with Gasteiger partial charge in [0.05, 0.1) is 20.8 Å². The highest BCUT2D eigenvalue weighted by Gasteiger charge is 2.11. The van der Waals surface area contributed by atoms with Crippen molar-refractivity contribution in [3.8, 4) is 17.2 Å². The largest absolute Gasteiger partial charge is 0.496 e. The monoisotopic (exact) mass is 338 g/mol. The van der Waals surface area contributed by atoms with Gasteiger partial charge in [0.1, 0.15) is 23.3 Å². The Morgan fingerprint density at radius 3 is 2.17 bits per heavy atom. The summed E-state index contributed by atoms with van der Waals surface area (Å²) in [4.78, 5) is 22.4. The number of benzene rings is 1. The summed E-state index contributed by atoms with van der Waals surface area (Å²) in [6.45, 7) is 2.10. The molecule has 0 spiro atoms. The van der Waals surface area contributed by atoms with Crippen LogP contribution in [0.25, 0.3) is 0 Å². The predicted molar refractivity (Wildman–Crippen MR) is 90.3 cm³/mol. The molecular weight excluding hydrogens is 312 g/mol. The minimum absolute atomic E-state index is 0.167. The maximum Gasteiger partial charge on any atom is 0.239 e. The standard InChI is InChI=1S/C17H26N2O5/c1-12(17(18)21)19-16(20)7-5-4-6-8-24-15-10-13(22-2)9-14(11-15)23-3/h9-12H,4-8H2,1-3H3,(H2,18,21)(H,19,20). The molecule has 2 amide bonds. The van der Waals surface area contributed by atoms with Gasteiger partial charge in [0, 0.05) is 24.6 Å². The molecule has 24 heavy (non-hydrogen) atoms. The quantitative estimate of drug-likeness (QED) is 0.597. The van der Waals surface area contributed by atoms with Crippen LogP contribution >= 0.6 is 0 Å². The van der Waals surface area contributed by atoms with E-state index in [1.807, 2.05) is 0 Å². The van der Waals surface area contributed by atoms with E-state index in [-0.39, 0.29) is 5.91 Å². The lowest BCUT2D eigenvalue weighted by molar-refractivity contribution is -0.127. The Bertz CT molecular complexity index is 526. The number of nitrogens with two attached hydrogens (primary N) is 1. The summed E-state index contributed by atoms with van der Waals surface area (Å²) >= 11 is 0. The zero-order valence-corrected chi connectivity index (χ0v) is 14.5. The van der Waals surface area contributed by atoms with Crippen LogP contribution in [-0.4, -0.2) is 38.7 Å². The van der Waals surface area contributed by atoms with Crippen LogP contribution in [0.15, 0.2) is 18.2 Å². The molecule has 0 aromatic heterocycles. The summed E-state index contributed by atoms with van der Waals surface area (Å²) in [5.74, 6) is 1.32. The van der Waals surface area contributed by atoms with Crippen LogP contribution in [0.2, 0.25) is 0 Å². The predicted octanol–water partition coefficient (Wildman–Crippen LogP) is 1.63. The van der Waals surface area contributed by atoms with Gasteiger partial charge >= 0.3 is 0 Å². The maximum atomic E-state index is 11.6. The Hall–Kier alpha value is -2.44. The molecule has 134 valence electrons. The third-order valence-corrected chi connectivity index (χ3v) is 3.45. The van der Waals surface area contributed by atoms with Crippen molar-refractivity contribution in [3.63, 3.8) is 0 Å². The van der Waals surface area contributed by atoms with E-state index in [9.17, 15) is 9.59 Å². The van der Waals surface area contributed by atoms with Crippen LogP contribution in [0.1, 0.15) is 32.6 Å². The maximum absolute atomic E-state index is 11.6. The van der Waals surface area contributed by atoms with E-state index in [1.165, 1.54) is 0 Å². The molecule has 0 saturated heterocycles. The summed E-state index contributed by atoms with van der Waals surface area (Å²) in [6.07, 6.45) is 2.75. The first kappa shape index (κ1) is 19.6. The Kier molecular flexibility index (Phi) is 8.46. The molecule has 1 aromatic carbocycles. The second kappa shape index (κ2) is 10.4. The number of amides is 2. The number of carbonyl (C=O) groups is 2. The SMILES string of the molecule is COc1cc(OC)cc(OCCCCCC(=O)NC(C)C(N)=O)c1. The summed E-state index contributed by atoms with van der Waals surface area (Å²) in [5, 5.41) is 2.55. The van der Waals surface area contributed by atoms with E-state index in [2.05, 4.69) is 5.32 Å². The number of primary amides is 1. The highest BCUT2D eigenvalue weighted by molar-refractivity contribution is 5.86. The van der Waals surface area contributed by atoms with E-state index in [0.717, 1.165) is 19.3 Å². The summed E-state index contributed by atoms with van der Waals surface area (Å²) in [7, 11) is 3.17. The summed E-state index contributed by atoms with van der Waals surface area (Å²) in [5.41, 5.74) is 5.09. The molecule has 0 heterocycles. The molecule has 0 fully saturated rings. The van der Waals surface area contributed by atoms with Gasteiger partial charge in [0.2, 0.25) is 11.8 Å². The molecule has 1 aromatic rings. The molecule has 1 unspecified atom stereocenters. The average Bonchev–Trinajstić information content (AvgIpc) is 2.57. The van der Waals surface area contributed by atoms with Crippen molar-refractivity contribution in [2.45, 2.75) is 38.6 Å². The molecule has 1 rings (SSSR count). The lowest BCUT2D eigenvalue weighted by Crippen LogP contribution is -2.42. The minimum Gasteiger partial charge on any atom is -0.496 e. The molecule has 7 heteroatoms. The lowest BCUT2D eigenvalue weighted by Gasteiger charge is -2.11. The van der Waals surface area contributed by atoms with Crippen LogP contribution in [0, 0.1) is 0 Å². The molecule has 0 aliphatic heterocycles. The number of ether oxygens (including phenoxy) is 3. The number of hydrogen-bond donors (Lipinski definition) is 2. The summed E-state index contributed by atoms with van der Waals surface area (Å²) in [6, 6.07) is 4.73. The number of nitrogens with one attached hydrogen (secondary N) is 1. The molecule has 7 nitrogen and oxygen atoms in total. The first-order valence-electron chi connectivity index (χ1n) is 7.90. The first-order chi connectivity index (χ1) is 11.5. The Balaban J connectivity index is 2.22. The Labute approximate surface area is 142 Å². The highest BCUT2D eigenvalue weighted by atomic mass is 16.5. The van der Waals surface area contributed by atoms with Gasteiger partial charge in [-0.2, -0.15) is 0 Å². The fraction of sp³-hybridized carbons (Fsp3) is 0.529. The van der Waals surface area contributed by atoms with Crippen molar-refractivity contribution < 1.29 is 23.8 Å². The van der Waals surface area contributed by atoms with Gasteiger partial charge in [-0.05, 0) is 26.2 Å². The van der Waals surface area contributed by atoms with Crippen molar-refractivity contribution in [2.75, 3.05) is 20.8 Å². The van der Waals surface area contributed by atoms with Crippen molar-refractivity contribution in [1.82, 2.24) is 5.32 Å². The summed E-state index contributed by atoms with van der Waals surface area (Å²) < 4.78 is 16.0. The normalized spacial score (nSPS) is 11.5. The van der Waals surface area contributed by atoms with E-state index in [4.69, 9.17) is 19.9 Å². The zero-order valence-electron chi connectivity index (χ0n) is 14.5. The number of methoxy groups -OCH3 is 2. The van der Waals surface area contributed by atoms with Crippen molar-refractivity contribution in [2.24, 2.45) is 5.73 Å². The molecule has 1 atom stereocenters. The smallest absolute Gasteiger partial charge is 0.239 e. The molecule has 0 saturated carbocycles. The van der Waals surface area contributed by atoms with Crippen LogP contribution in [0.4, 0.5) is 0 Å². The third kappa shape index (κ3) is 7.21. The number of unbranched alkanes of at least 4 members (excludes halogenated alkanes) is 2. The van der Waals surface area contributed by atoms with E-state index >= 15 is 0 Å². The van der Waals surface area contributed by atoms with Gasteiger partial charge in [0.15, 0.2) is 0 Å². The Morgan fingerprint density at radius 1 is 1.04 bits per heavy atom. The van der Waals surface area contributed by atoms with E-state index < -0.39 is 11.9 Å². The molecule has 0 bridgehead atoms. The van der Waals surface area contributed by atoms with Gasteiger partial charge in [0.25, 0.3) is 0 Å². The van der Waals surface area contributed by atoms with E-state index in [0.29, 0.717) is 30.3 Å². The molecule has 3 N–H and O–H groups in total. The molecule has 0 radical (unpaired) electrons. The topological polar surface area (TPSA) is 99.9 Å². The van der Waals surface area contributed by atoms with Crippen molar-refractivity contribution >= 4 is 11.8 Å². The second-order valence-electron chi connectivity index (χ2n) is 5.40. The molecular formula is C17H26N2O5. The number of hydrogen-bond acceptors (Lipinski definition) is 5. The van der Waals surface area contributed by atoms with Gasteiger partial charge in [-0.1, -0.05) is 0 Å². The average molecular weight is 338 g/mol. The van der Waals surface area contributed by atoms with Gasteiger partial charge in [-0.15, -0.1) is 0 Å². The van der Waals surface area contributed by atoms with Crippen LogP contribution in [0.5, 0.6) is 17.2 Å². The Morgan fingerprint density at radius 2 is 1.62 bits per heavy atom. The number of carbonyl (C=O) groups excluding carboxylic acids is 2. The van der Waals surface area contributed by atoms with Gasteiger partial charge in [-0.25, -0.2) is 0 Å². The van der Waals surface area contributed by atoms with E-state index in [1.54, 1.807) is 39.3 Å². The lowest BCUT2D eigenvalue weighted by atomic mass is 10.2.